The quantitative estimate of drug-likeness (QED) is 0.170. The molecular formula is C31H29N3O2S2. The normalized spacial score (nSPS) is 15.3. The van der Waals surface area contributed by atoms with Gasteiger partial charge < -0.3 is 4.74 Å². The van der Waals surface area contributed by atoms with E-state index in [1.807, 2.05) is 104 Å². The number of benzene rings is 3. The lowest BCUT2D eigenvalue weighted by atomic mass is 10.0. The number of hydrogen-bond donors (Lipinski definition) is 0. The van der Waals surface area contributed by atoms with Crippen LogP contribution in [0.3, 0.4) is 0 Å². The van der Waals surface area contributed by atoms with Crippen LogP contribution in [-0.4, -0.2) is 31.5 Å². The second-order valence-corrected chi connectivity index (χ2v) is 10.9. The predicted molar refractivity (Wildman–Crippen MR) is 159 cm³/mol. The molecular weight excluding hydrogens is 510 g/mol. The molecule has 1 fully saturated rings. The first-order valence-electron chi connectivity index (χ1n) is 12.7. The third kappa shape index (κ3) is 5.30. The van der Waals surface area contributed by atoms with Gasteiger partial charge in [0.25, 0.3) is 5.91 Å². The van der Waals surface area contributed by atoms with Gasteiger partial charge in [-0.1, -0.05) is 79.4 Å². The van der Waals surface area contributed by atoms with Gasteiger partial charge in [0.1, 0.15) is 15.8 Å². The SMILES string of the molecule is CCCOc1ccc(-c2nn(-c3ccccc3)cc2/C=C2\SC(=S)N([C@@H](C)c3ccccc3)C2=O)cc1C. The van der Waals surface area contributed by atoms with Crippen LogP contribution in [0, 0.1) is 6.92 Å². The molecule has 192 valence electrons. The van der Waals surface area contributed by atoms with E-state index >= 15 is 0 Å². The molecule has 3 aromatic carbocycles. The molecule has 1 aromatic heterocycles. The summed E-state index contributed by atoms with van der Waals surface area (Å²) in [5, 5.41) is 4.94. The Morgan fingerprint density at radius 1 is 1.05 bits per heavy atom. The number of amides is 1. The fourth-order valence-electron chi connectivity index (χ4n) is 4.44. The number of aromatic nitrogens is 2. The van der Waals surface area contributed by atoms with Crippen LogP contribution in [0.25, 0.3) is 23.0 Å². The molecule has 1 atom stereocenters. The minimum absolute atomic E-state index is 0.0886. The predicted octanol–water partition coefficient (Wildman–Crippen LogP) is 7.60. The molecule has 0 unspecified atom stereocenters. The van der Waals surface area contributed by atoms with E-state index in [2.05, 4.69) is 13.0 Å². The zero-order valence-electron chi connectivity index (χ0n) is 21.6. The first kappa shape index (κ1) is 25.9. The molecule has 1 aliphatic rings. The second kappa shape index (κ2) is 11.4. The van der Waals surface area contributed by atoms with Gasteiger partial charge in [-0.15, -0.1) is 0 Å². The Morgan fingerprint density at radius 2 is 1.76 bits per heavy atom. The molecule has 0 spiro atoms. The van der Waals surface area contributed by atoms with Crippen molar-refractivity contribution in [1.29, 1.82) is 0 Å². The van der Waals surface area contributed by atoms with Gasteiger partial charge in [0.2, 0.25) is 0 Å². The molecule has 0 radical (unpaired) electrons. The van der Waals surface area contributed by atoms with Crippen molar-refractivity contribution in [2.24, 2.45) is 0 Å². The summed E-state index contributed by atoms with van der Waals surface area (Å²) in [4.78, 5) is 15.9. The van der Waals surface area contributed by atoms with Crippen LogP contribution >= 0.6 is 24.0 Å². The lowest BCUT2D eigenvalue weighted by Crippen LogP contribution is -2.30. The van der Waals surface area contributed by atoms with Crippen LogP contribution in [0.1, 0.15) is 43.0 Å². The number of rotatable bonds is 8. The summed E-state index contributed by atoms with van der Waals surface area (Å²) in [5.74, 6) is 0.782. The molecule has 0 aliphatic carbocycles. The van der Waals surface area contributed by atoms with E-state index in [0.717, 1.165) is 45.8 Å². The summed E-state index contributed by atoms with van der Waals surface area (Å²) in [6.45, 7) is 6.82. The van der Waals surface area contributed by atoms with E-state index in [0.29, 0.717) is 15.8 Å². The Balaban J connectivity index is 1.54. The van der Waals surface area contributed by atoms with Crippen LogP contribution in [0.2, 0.25) is 0 Å². The fraction of sp³-hybridized carbons (Fsp3) is 0.194. The minimum Gasteiger partial charge on any atom is -0.493 e. The van der Waals surface area contributed by atoms with E-state index in [1.165, 1.54) is 11.8 Å². The van der Waals surface area contributed by atoms with Crippen molar-refractivity contribution in [3.63, 3.8) is 0 Å². The van der Waals surface area contributed by atoms with Gasteiger partial charge in [0, 0.05) is 17.3 Å². The average molecular weight is 540 g/mol. The zero-order valence-corrected chi connectivity index (χ0v) is 23.3. The van der Waals surface area contributed by atoms with Gasteiger partial charge in [0.15, 0.2) is 0 Å². The van der Waals surface area contributed by atoms with Crippen molar-refractivity contribution in [2.45, 2.75) is 33.2 Å². The molecule has 2 heterocycles. The third-order valence-electron chi connectivity index (χ3n) is 6.45. The molecule has 1 amide bonds. The third-order valence-corrected chi connectivity index (χ3v) is 7.78. The fourth-order valence-corrected chi connectivity index (χ4v) is 5.85. The average Bonchev–Trinajstić information content (AvgIpc) is 3.48. The Kier molecular flexibility index (Phi) is 7.77. The summed E-state index contributed by atoms with van der Waals surface area (Å²) in [6.07, 6.45) is 4.83. The number of carbonyl (C=O) groups excluding carboxylic acids is 1. The van der Waals surface area contributed by atoms with Crippen molar-refractivity contribution < 1.29 is 9.53 Å². The molecule has 1 saturated heterocycles. The number of nitrogens with zero attached hydrogens (tertiary/aromatic N) is 3. The van der Waals surface area contributed by atoms with Gasteiger partial charge in [-0.3, -0.25) is 9.69 Å². The molecule has 4 aromatic rings. The van der Waals surface area contributed by atoms with Crippen LogP contribution in [-0.2, 0) is 4.79 Å². The Labute approximate surface area is 233 Å². The maximum atomic E-state index is 13.6. The summed E-state index contributed by atoms with van der Waals surface area (Å²) in [6, 6.07) is 25.9. The highest BCUT2D eigenvalue weighted by Crippen LogP contribution is 2.39. The van der Waals surface area contributed by atoms with E-state index in [-0.39, 0.29) is 11.9 Å². The van der Waals surface area contributed by atoms with Crippen molar-refractivity contribution in [3.05, 3.63) is 107 Å². The monoisotopic (exact) mass is 539 g/mol. The van der Waals surface area contributed by atoms with E-state index in [9.17, 15) is 4.79 Å². The van der Waals surface area contributed by atoms with Gasteiger partial charge in [-0.25, -0.2) is 4.68 Å². The molecule has 0 bridgehead atoms. The van der Waals surface area contributed by atoms with E-state index in [1.54, 1.807) is 4.90 Å². The minimum atomic E-state index is -0.153. The Hall–Kier alpha value is -3.68. The van der Waals surface area contributed by atoms with Crippen LogP contribution in [0.4, 0.5) is 0 Å². The molecule has 1 aliphatic heterocycles. The number of thiocarbonyl (C=S) groups is 1. The summed E-state index contributed by atoms with van der Waals surface area (Å²) >= 11 is 6.99. The summed E-state index contributed by atoms with van der Waals surface area (Å²) < 4.78 is 8.29. The molecule has 0 N–H and O–H groups in total. The number of hydrogen-bond acceptors (Lipinski definition) is 5. The van der Waals surface area contributed by atoms with Gasteiger partial charge in [-0.05, 0) is 67.8 Å². The largest absolute Gasteiger partial charge is 0.493 e. The first-order valence-corrected chi connectivity index (χ1v) is 13.9. The van der Waals surface area contributed by atoms with Crippen LogP contribution in [0.5, 0.6) is 5.75 Å². The number of thioether (sulfide) groups is 1. The number of para-hydroxylation sites is 1. The highest BCUT2D eigenvalue weighted by atomic mass is 32.2. The van der Waals surface area contributed by atoms with Crippen molar-refractivity contribution >= 4 is 40.3 Å². The second-order valence-electron chi connectivity index (χ2n) is 9.18. The highest BCUT2D eigenvalue weighted by Gasteiger charge is 2.36. The van der Waals surface area contributed by atoms with Gasteiger partial charge >= 0.3 is 0 Å². The van der Waals surface area contributed by atoms with Crippen molar-refractivity contribution in [3.8, 4) is 22.7 Å². The van der Waals surface area contributed by atoms with Crippen LogP contribution < -0.4 is 4.74 Å². The molecule has 5 nitrogen and oxygen atoms in total. The van der Waals surface area contributed by atoms with Crippen molar-refractivity contribution in [1.82, 2.24) is 14.7 Å². The lowest BCUT2D eigenvalue weighted by molar-refractivity contribution is -0.123. The number of carbonyl (C=O) groups is 1. The topological polar surface area (TPSA) is 47.4 Å². The Morgan fingerprint density at radius 3 is 2.45 bits per heavy atom. The van der Waals surface area contributed by atoms with Crippen LogP contribution in [0.15, 0.2) is 90.0 Å². The number of ether oxygens (including phenoxy) is 1. The maximum Gasteiger partial charge on any atom is 0.266 e. The maximum absolute atomic E-state index is 13.6. The number of aryl methyl sites for hydroxylation is 1. The first-order chi connectivity index (χ1) is 18.5. The Bertz CT molecular complexity index is 1500. The molecule has 5 rings (SSSR count). The summed E-state index contributed by atoms with van der Waals surface area (Å²) in [7, 11) is 0. The lowest BCUT2D eigenvalue weighted by Gasteiger charge is -2.23. The van der Waals surface area contributed by atoms with E-state index in [4.69, 9.17) is 22.1 Å². The molecule has 38 heavy (non-hydrogen) atoms. The van der Waals surface area contributed by atoms with E-state index < -0.39 is 0 Å². The van der Waals surface area contributed by atoms with Gasteiger partial charge in [0.05, 0.1) is 23.2 Å². The van der Waals surface area contributed by atoms with Crippen molar-refractivity contribution in [2.75, 3.05) is 6.61 Å². The zero-order chi connectivity index (χ0) is 26.6. The highest BCUT2D eigenvalue weighted by molar-refractivity contribution is 8.26. The summed E-state index contributed by atoms with van der Waals surface area (Å²) in [5.41, 5.74) is 5.63. The smallest absolute Gasteiger partial charge is 0.266 e. The van der Waals surface area contributed by atoms with Gasteiger partial charge in [-0.2, -0.15) is 5.10 Å². The standard InChI is InChI=1S/C31H29N3O2S2/c1-4-17-36-27-16-15-24(18-21(27)2)29-25(20-33(32-29)26-13-9-6-10-14-26)19-28-30(35)34(31(37)38-28)22(3)23-11-7-5-8-12-23/h5-16,18-20,22H,4,17H2,1-3H3/b28-19-/t22-/m0/s1. The molecule has 7 heteroatoms. The molecule has 0 saturated carbocycles.